The molecule has 4 N–H and O–H groups in total. The molecule has 1 aliphatic heterocycles. The summed E-state index contributed by atoms with van der Waals surface area (Å²) in [6.07, 6.45) is -1.12. The molecule has 1 saturated carbocycles. The molecule has 4 bridgehead atoms. The fourth-order valence-electron chi connectivity index (χ4n) is 5.24. The zero-order valence-electron chi connectivity index (χ0n) is 23.3. The molecule has 1 amide bonds. The van der Waals surface area contributed by atoms with Crippen molar-refractivity contribution in [1.82, 2.24) is 9.97 Å². The topological polar surface area (TPSA) is 120 Å². The van der Waals surface area contributed by atoms with Gasteiger partial charge in [-0.2, -0.15) is 18.2 Å². The normalized spacial score (nSPS) is 19.3. The smallest absolute Gasteiger partial charge is 0.369 e. The number of benzene rings is 3. The van der Waals surface area contributed by atoms with Crippen LogP contribution in [0.1, 0.15) is 36.8 Å². The van der Waals surface area contributed by atoms with Gasteiger partial charge in [-0.05, 0) is 73.2 Å². The van der Waals surface area contributed by atoms with Gasteiger partial charge in [0.05, 0.1) is 26.4 Å². The van der Waals surface area contributed by atoms with Gasteiger partial charge in [-0.15, -0.1) is 0 Å². The number of carbonyl (C=O) groups is 1. The molecular formula is C31H28F4N6O2S. The zero-order chi connectivity index (χ0) is 31.1. The highest BCUT2D eigenvalue weighted by atomic mass is 32.2. The van der Waals surface area contributed by atoms with E-state index in [4.69, 9.17) is 4.78 Å². The van der Waals surface area contributed by atoms with E-state index in [1.165, 1.54) is 30.5 Å². The van der Waals surface area contributed by atoms with Crippen molar-refractivity contribution in [3.05, 3.63) is 89.9 Å². The van der Waals surface area contributed by atoms with Crippen LogP contribution in [0, 0.1) is 10.6 Å². The van der Waals surface area contributed by atoms with Crippen LogP contribution >= 0.6 is 0 Å². The molecule has 1 aliphatic carbocycles. The fraction of sp³-hybridized carbons (Fsp3) is 0.258. The second-order valence-electron chi connectivity index (χ2n) is 10.9. The number of amides is 1. The number of nitrogens with zero attached hydrogens (tertiary/aromatic N) is 2. The van der Waals surface area contributed by atoms with Gasteiger partial charge in [0.25, 0.3) is 0 Å². The Morgan fingerprint density at radius 1 is 1.02 bits per heavy atom. The number of nitrogens with one attached hydrogen (secondary N) is 4. The predicted molar refractivity (Wildman–Crippen MR) is 160 cm³/mol. The first-order valence-electron chi connectivity index (χ1n) is 14.0. The van der Waals surface area contributed by atoms with Gasteiger partial charge in [0.1, 0.15) is 11.6 Å². The van der Waals surface area contributed by atoms with Crippen molar-refractivity contribution in [2.75, 3.05) is 28.2 Å². The van der Waals surface area contributed by atoms with Crippen LogP contribution in [0.2, 0.25) is 0 Å². The van der Waals surface area contributed by atoms with Gasteiger partial charge in [0, 0.05) is 34.6 Å². The number of hydrogen-bond donors (Lipinski definition) is 4. The average molecular weight is 625 g/mol. The molecule has 6 rings (SSSR count). The van der Waals surface area contributed by atoms with Gasteiger partial charge in [0.15, 0.2) is 0 Å². The maximum Gasteiger partial charge on any atom is 0.416 e. The van der Waals surface area contributed by atoms with Crippen LogP contribution in [0.25, 0.3) is 11.1 Å². The molecule has 8 nitrogen and oxygen atoms in total. The minimum atomic E-state index is -4.54. The molecule has 44 heavy (non-hydrogen) atoms. The van der Waals surface area contributed by atoms with Gasteiger partial charge < -0.3 is 16.0 Å². The lowest BCUT2D eigenvalue weighted by atomic mass is 9.93. The molecule has 1 unspecified atom stereocenters. The first-order valence-corrected chi connectivity index (χ1v) is 15.7. The molecule has 2 aliphatic rings. The van der Waals surface area contributed by atoms with Crippen molar-refractivity contribution in [1.29, 1.82) is 4.78 Å². The molecule has 4 aromatic rings. The summed E-state index contributed by atoms with van der Waals surface area (Å²) in [6, 6.07) is 15.7. The largest absolute Gasteiger partial charge is 0.416 e. The van der Waals surface area contributed by atoms with Gasteiger partial charge in [-0.1, -0.05) is 30.3 Å². The summed E-state index contributed by atoms with van der Waals surface area (Å²) < 4.78 is 76.4. The first-order chi connectivity index (χ1) is 20.9. The molecule has 1 atom stereocenters. The molecule has 1 aromatic heterocycles. The van der Waals surface area contributed by atoms with E-state index in [0.29, 0.717) is 59.8 Å². The van der Waals surface area contributed by atoms with Gasteiger partial charge in [-0.25, -0.2) is 18.4 Å². The molecule has 3 aromatic carbocycles. The lowest BCUT2D eigenvalue weighted by Gasteiger charge is -2.18. The van der Waals surface area contributed by atoms with Gasteiger partial charge in [0.2, 0.25) is 11.9 Å². The van der Waals surface area contributed by atoms with E-state index in [-0.39, 0.29) is 23.0 Å². The third-order valence-corrected chi connectivity index (χ3v) is 9.75. The first kappa shape index (κ1) is 29.5. The van der Waals surface area contributed by atoms with Crippen molar-refractivity contribution < 1.29 is 26.6 Å². The highest BCUT2D eigenvalue weighted by molar-refractivity contribution is 7.92. The maximum absolute atomic E-state index is 15.4. The van der Waals surface area contributed by atoms with E-state index in [9.17, 15) is 22.2 Å². The quantitative estimate of drug-likeness (QED) is 0.177. The molecule has 0 radical (unpaired) electrons. The predicted octanol–water partition coefficient (Wildman–Crippen LogP) is 7.33. The number of hydrogen-bond acceptors (Lipinski definition) is 7. The highest BCUT2D eigenvalue weighted by Gasteiger charge is 2.52. The number of halogens is 4. The number of fused-ring (bicyclic) bond motifs is 4. The van der Waals surface area contributed by atoms with Crippen LogP contribution in [-0.2, 0) is 26.1 Å². The lowest BCUT2D eigenvalue weighted by Crippen LogP contribution is -2.28. The fourth-order valence-corrected chi connectivity index (χ4v) is 6.70. The minimum Gasteiger partial charge on any atom is -0.369 e. The summed E-state index contributed by atoms with van der Waals surface area (Å²) >= 11 is 0. The number of anilines is 4. The van der Waals surface area contributed by atoms with Crippen LogP contribution in [-0.4, -0.2) is 32.4 Å². The third-order valence-electron chi connectivity index (χ3n) is 7.87. The Morgan fingerprint density at radius 3 is 2.57 bits per heavy atom. The van der Waals surface area contributed by atoms with Crippen molar-refractivity contribution >= 4 is 38.8 Å². The summed E-state index contributed by atoms with van der Waals surface area (Å²) in [7, 11) is -2.96. The Bertz CT molecular complexity index is 1860. The Morgan fingerprint density at radius 2 is 1.82 bits per heavy atom. The Kier molecular flexibility index (Phi) is 7.52. The second kappa shape index (κ2) is 11.2. The second-order valence-corrected chi connectivity index (χ2v) is 13.2. The Labute approximate surface area is 251 Å². The molecule has 0 spiro atoms. The lowest BCUT2D eigenvalue weighted by molar-refractivity contribution is -0.137. The summed E-state index contributed by atoms with van der Waals surface area (Å²) in [5, 5.41) is 8.87. The van der Waals surface area contributed by atoms with Crippen molar-refractivity contribution in [3.8, 4) is 11.1 Å². The summed E-state index contributed by atoms with van der Waals surface area (Å²) in [4.78, 5) is 22.6. The van der Waals surface area contributed by atoms with Crippen LogP contribution in [0.3, 0.4) is 0 Å². The van der Waals surface area contributed by atoms with Crippen molar-refractivity contribution in [3.63, 3.8) is 0 Å². The molecule has 13 heteroatoms. The van der Waals surface area contributed by atoms with E-state index < -0.39 is 38.6 Å². The number of rotatable bonds is 4. The highest BCUT2D eigenvalue weighted by Crippen LogP contribution is 2.50. The van der Waals surface area contributed by atoms with E-state index in [1.54, 1.807) is 30.3 Å². The average Bonchev–Trinajstić information content (AvgIpc) is 3.80. The molecular weight excluding hydrogens is 596 g/mol. The summed E-state index contributed by atoms with van der Waals surface area (Å²) in [5.74, 6) is -0.402. The van der Waals surface area contributed by atoms with E-state index in [2.05, 4.69) is 25.9 Å². The maximum atomic E-state index is 15.4. The SMILES string of the molecule is N=S1(=O)CCCCNc2nc(ncc2-c2ccc(NC(=O)C3(c4cccc(C(F)(F)F)c4)CC3)c(F)c2)Nc2cccc1c2. The van der Waals surface area contributed by atoms with Crippen molar-refractivity contribution in [2.45, 2.75) is 42.2 Å². The Hall–Kier alpha value is -4.52. The zero-order valence-corrected chi connectivity index (χ0v) is 24.1. The van der Waals surface area contributed by atoms with Crippen LogP contribution in [0.4, 0.5) is 40.7 Å². The van der Waals surface area contributed by atoms with Crippen LogP contribution in [0.5, 0.6) is 0 Å². The van der Waals surface area contributed by atoms with Gasteiger partial charge in [-0.3, -0.25) is 4.79 Å². The standard InChI is InChI=1S/C31H28F4N6O2S/c32-25-15-19(9-10-26(25)40-28(42)30(11-12-30)20-5-3-6-21(16-20)31(33,34)35)24-18-38-29-39-22-7-4-8-23(17-22)44(36,43)14-2-1-13-37-27(24)41-29/h3-10,15-18,36H,1-2,11-14H2,(H,40,42)(H2,37,38,39,41). The monoisotopic (exact) mass is 624 g/mol. The Balaban J connectivity index is 1.24. The van der Waals surface area contributed by atoms with Crippen LogP contribution in [0.15, 0.2) is 77.8 Å². The van der Waals surface area contributed by atoms with Gasteiger partial charge >= 0.3 is 6.18 Å². The number of carbonyl (C=O) groups excluding carboxylic acids is 1. The molecule has 1 fully saturated rings. The van der Waals surface area contributed by atoms with E-state index in [1.807, 2.05) is 0 Å². The molecule has 2 heterocycles. The van der Waals surface area contributed by atoms with Crippen molar-refractivity contribution in [2.24, 2.45) is 0 Å². The third kappa shape index (κ3) is 5.96. The van der Waals surface area contributed by atoms with Crippen LogP contribution < -0.4 is 16.0 Å². The summed E-state index contributed by atoms with van der Waals surface area (Å²) in [5.41, 5.74) is -0.316. The number of alkyl halides is 3. The molecule has 0 saturated heterocycles. The number of aromatic nitrogens is 2. The minimum absolute atomic E-state index is 0.0945. The summed E-state index contributed by atoms with van der Waals surface area (Å²) in [6.45, 7) is 0.463. The molecule has 228 valence electrons. The van der Waals surface area contributed by atoms with E-state index in [0.717, 1.165) is 12.1 Å². The van der Waals surface area contributed by atoms with E-state index >= 15 is 4.39 Å².